The number of hydrogen-bond donors (Lipinski definition) is 2. The highest BCUT2D eigenvalue weighted by Crippen LogP contribution is 2.13. The van der Waals surface area contributed by atoms with Crippen LogP contribution in [-0.2, 0) is 10.5 Å². The number of carbonyl (C=O) groups excluding carboxylic acids is 1. The molecule has 2 N–H and O–H groups in total. The summed E-state index contributed by atoms with van der Waals surface area (Å²) in [5, 5.41) is 6.18. The highest BCUT2D eigenvalue weighted by Gasteiger charge is 2.16. The zero-order chi connectivity index (χ0) is 12.8. The first-order chi connectivity index (χ1) is 8.74. The van der Waals surface area contributed by atoms with Crippen LogP contribution < -0.4 is 10.6 Å². The lowest BCUT2D eigenvalue weighted by Gasteiger charge is -2.27. The van der Waals surface area contributed by atoms with Crippen molar-refractivity contribution in [3.63, 3.8) is 0 Å². The van der Waals surface area contributed by atoms with E-state index in [-0.39, 0.29) is 18.3 Å². The molecule has 19 heavy (non-hydrogen) atoms. The van der Waals surface area contributed by atoms with Gasteiger partial charge in [0.2, 0.25) is 5.91 Å². The lowest BCUT2D eigenvalue weighted by atomic mass is 10.0. The van der Waals surface area contributed by atoms with E-state index in [1.165, 1.54) is 11.1 Å². The largest absolute Gasteiger partial charge is 0.355 e. The average molecular weight is 301 g/mol. The third-order valence-corrected chi connectivity index (χ3v) is 4.04. The Balaban J connectivity index is 0.00000180. The van der Waals surface area contributed by atoms with Gasteiger partial charge in [-0.1, -0.05) is 29.8 Å². The predicted molar refractivity (Wildman–Crippen MR) is 84.0 cm³/mol. The maximum absolute atomic E-state index is 11.6. The van der Waals surface area contributed by atoms with Gasteiger partial charge in [-0.3, -0.25) is 4.79 Å². The number of nitrogens with one attached hydrogen (secondary N) is 2. The van der Waals surface area contributed by atoms with Crippen LogP contribution in [0, 0.1) is 12.8 Å². The second-order valence-corrected chi connectivity index (χ2v) is 5.80. The number of aryl methyl sites for hydroxylation is 1. The van der Waals surface area contributed by atoms with E-state index in [1.807, 2.05) is 0 Å². The Hall–Kier alpha value is -0.710. The summed E-state index contributed by atoms with van der Waals surface area (Å²) >= 11 is 1.67. The fourth-order valence-corrected chi connectivity index (χ4v) is 2.67. The Morgan fingerprint density at radius 2 is 2.26 bits per heavy atom. The third kappa shape index (κ3) is 5.85. The molecule has 0 bridgehead atoms. The molecule has 106 valence electrons. The number of rotatable bonds is 6. The van der Waals surface area contributed by atoms with Gasteiger partial charge in [-0.05, 0) is 12.5 Å². The molecule has 0 aromatic heterocycles. The normalized spacial score (nSPS) is 14.4. The molecule has 0 atom stereocenters. The van der Waals surface area contributed by atoms with Crippen molar-refractivity contribution in [2.45, 2.75) is 12.7 Å². The zero-order valence-corrected chi connectivity index (χ0v) is 12.8. The zero-order valence-electron chi connectivity index (χ0n) is 11.1. The van der Waals surface area contributed by atoms with E-state index >= 15 is 0 Å². The molecule has 0 radical (unpaired) electrons. The van der Waals surface area contributed by atoms with Crippen molar-refractivity contribution in [1.82, 2.24) is 10.6 Å². The Bertz CT molecular complexity index is 410. The fraction of sp³-hybridized carbons (Fsp3) is 0.500. The van der Waals surface area contributed by atoms with Crippen LogP contribution in [-0.4, -0.2) is 31.3 Å². The molecule has 3 nitrogen and oxygen atoms in total. The average Bonchev–Trinajstić information content (AvgIpc) is 2.27. The van der Waals surface area contributed by atoms with E-state index in [0.29, 0.717) is 11.7 Å². The molecule has 0 spiro atoms. The van der Waals surface area contributed by atoms with Crippen molar-refractivity contribution in [2.24, 2.45) is 5.92 Å². The monoisotopic (exact) mass is 300 g/mol. The molecule has 1 heterocycles. The summed E-state index contributed by atoms with van der Waals surface area (Å²) in [5.74, 6) is 2.24. The van der Waals surface area contributed by atoms with Crippen LogP contribution in [0.3, 0.4) is 0 Å². The molecule has 0 unspecified atom stereocenters. The lowest BCUT2D eigenvalue weighted by Crippen LogP contribution is -2.48. The van der Waals surface area contributed by atoms with Crippen molar-refractivity contribution < 1.29 is 4.79 Å². The van der Waals surface area contributed by atoms with E-state index in [1.54, 1.807) is 11.8 Å². The van der Waals surface area contributed by atoms with Gasteiger partial charge < -0.3 is 10.6 Å². The summed E-state index contributed by atoms with van der Waals surface area (Å²) in [5.41, 5.74) is 2.56. The summed E-state index contributed by atoms with van der Waals surface area (Å²) in [4.78, 5) is 11.6. The van der Waals surface area contributed by atoms with Crippen LogP contribution in [0.5, 0.6) is 0 Å². The van der Waals surface area contributed by atoms with E-state index in [2.05, 4.69) is 41.8 Å². The SMILES string of the molecule is Cc1cccc(CSCC(=O)NCC2CNC2)c1.Cl. The molecule has 2 rings (SSSR count). The first-order valence-corrected chi connectivity index (χ1v) is 7.50. The molecule has 1 aromatic rings. The summed E-state index contributed by atoms with van der Waals surface area (Å²) in [6.07, 6.45) is 0. The van der Waals surface area contributed by atoms with Gasteiger partial charge in [-0.2, -0.15) is 0 Å². The number of halogens is 1. The Labute approximate surface area is 125 Å². The minimum atomic E-state index is 0. The molecule has 1 aromatic carbocycles. The van der Waals surface area contributed by atoms with Crippen LogP contribution in [0.25, 0.3) is 0 Å². The Kier molecular flexibility index (Phi) is 7.28. The quantitative estimate of drug-likeness (QED) is 0.844. The van der Waals surface area contributed by atoms with Crippen molar-refractivity contribution in [2.75, 3.05) is 25.4 Å². The smallest absolute Gasteiger partial charge is 0.230 e. The third-order valence-electron chi connectivity index (χ3n) is 3.04. The number of hydrogen-bond acceptors (Lipinski definition) is 3. The molecule has 1 aliphatic rings. The lowest BCUT2D eigenvalue weighted by molar-refractivity contribution is -0.118. The van der Waals surface area contributed by atoms with E-state index < -0.39 is 0 Å². The second kappa shape index (κ2) is 8.46. The molecule has 5 heteroatoms. The van der Waals surface area contributed by atoms with Crippen LogP contribution in [0.1, 0.15) is 11.1 Å². The van der Waals surface area contributed by atoms with E-state index in [4.69, 9.17) is 0 Å². The van der Waals surface area contributed by atoms with Gasteiger partial charge in [0.1, 0.15) is 0 Å². The standard InChI is InChI=1S/C14H20N2OS.ClH/c1-11-3-2-4-12(5-11)9-18-10-14(17)16-8-13-6-15-7-13;/h2-5,13,15H,6-10H2,1H3,(H,16,17);1H. The molecule has 1 amide bonds. The summed E-state index contributed by atoms with van der Waals surface area (Å²) in [6, 6.07) is 8.44. The molecular weight excluding hydrogens is 280 g/mol. The summed E-state index contributed by atoms with van der Waals surface area (Å²) < 4.78 is 0. The predicted octanol–water partition coefficient (Wildman–Crippen LogP) is 1.99. The minimum absolute atomic E-state index is 0. The van der Waals surface area contributed by atoms with Crippen molar-refractivity contribution in [1.29, 1.82) is 0 Å². The Morgan fingerprint density at radius 3 is 2.89 bits per heavy atom. The van der Waals surface area contributed by atoms with Crippen LogP contribution >= 0.6 is 24.2 Å². The van der Waals surface area contributed by atoms with E-state index in [9.17, 15) is 4.79 Å². The highest BCUT2D eigenvalue weighted by molar-refractivity contribution is 7.99. The van der Waals surface area contributed by atoms with Crippen molar-refractivity contribution in [3.8, 4) is 0 Å². The van der Waals surface area contributed by atoms with Crippen molar-refractivity contribution >= 4 is 30.1 Å². The number of thioether (sulfide) groups is 1. The number of benzene rings is 1. The van der Waals surface area contributed by atoms with Gasteiger partial charge >= 0.3 is 0 Å². The maximum Gasteiger partial charge on any atom is 0.230 e. The van der Waals surface area contributed by atoms with Gasteiger partial charge in [-0.25, -0.2) is 0 Å². The van der Waals surface area contributed by atoms with Gasteiger partial charge in [0.15, 0.2) is 0 Å². The fourth-order valence-electron chi connectivity index (χ4n) is 1.87. The minimum Gasteiger partial charge on any atom is -0.355 e. The summed E-state index contributed by atoms with van der Waals surface area (Å²) in [6.45, 7) is 4.98. The van der Waals surface area contributed by atoms with Crippen molar-refractivity contribution in [3.05, 3.63) is 35.4 Å². The van der Waals surface area contributed by atoms with E-state index in [0.717, 1.165) is 25.4 Å². The molecule has 1 saturated heterocycles. The number of carbonyl (C=O) groups is 1. The number of amides is 1. The van der Waals surface area contributed by atoms with Gasteiger partial charge in [0.05, 0.1) is 5.75 Å². The van der Waals surface area contributed by atoms with Crippen LogP contribution in [0.4, 0.5) is 0 Å². The Morgan fingerprint density at radius 1 is 1.47 bits per heavy atom. The maximum atomic E-state index is 11.6. The van der Waals surface area contributed by atoms with Crippen LogP contribution in [0.15, 0.2) is 24.3 Å². The van der Waals surface area contributed by atoms with Gasteiger partial charge in [0, 0.05) is 31.3 Å². The first kappa shape index (κ1) is 16.3. The highest BCUT2D eigenvalue weighted by atomic mass is 35.5. The second-order valence-electron chi connectivity index (χ2n) is 4.81. The molecule has 1 aliphatic heterocycles. The van der Waals surface area contributed by atoms with Gasteiger partial charge in [0.25, 0.3) is 0 Å². The molecule has 1 fully saturated rings. The molecular formula is C14H21ClN2OS. The van der Waals surface area contributed by atoms with Gasteiger partial charge in [-0.15, -0.1) is 24.2 Å². The first-order valence-electron chi connectivity index (χ1n) is 6.35. The topological polar surface area (TPSA) is 41.1 Å². The molecule has 0 saturated carbocycles. The molecule has 0 aliphatic carbocycles. The van der Waals surface area contributed by atoms with Crippen LogP contribution in [0.2, 0.25) is 0 Å². The summed E-state index contributed by atoms with van der Waals surface area (Å²) in [7, 11) is 0.